The highest BCUT2D eigenvalue weighted by molar-refractivity contribution is 7.14. The van der Waals surface area contributed by atoms with E-state index in [-0.39, 0.29) is 29.2 Å². The molecule has 2 amide bonds. The number of nitrogens with zero attached hydrogens (tertiary/aromatic N) is 3. The third kappa shape index (κ3) is 4.72. The number of amides is 2. The van der Waals surface area contributed by atoms with Gasteiger partial charge in [0.1, 0.15) is 12.3 Å². The Hall–Kier alpha value is -3.86. The number of carbonyl (C=O) groups excluding carboxylic acids is 2. The average Bonchev–Trinajstić information content (AvgIpc) is 3.23. The Morgan fingerprint density at radius 1 is 1.22 bits per heavy atom. The quantitative estimate of drug-likeness (QED) is 0.590. The first-order valence-electron chi connectivity index (χ1n) is 9.42. The lowest BCUT2D eigenvalue weighted by atomic mass is 10.1. The molecule has 0 fully saturated rings. The number of ether oxygens (including phenoxy) is 1. The van der Waals surface area contributed by atoms with Crippen molar-refractivity contribution >= 4 is 39.8 Å². The van der Waals surface area contributed by atoms with Crippen molar-refractivity contribution in [2.75, 3.05) is 16.9 Å². The number of thiazole rings is 1. The van der Waals surface area contributed by atoms with Crippen molar-refractivity contribution in [2.24, 2.45) is 4.99 Å². The molecule has 0 radical (unpaired) electrons. The molecule has 0 saturated heterocycles. The second-order valence-electron chi connectivity index (χ2n) is 6.71. The number of nitrogens with one attached hydrogen (secondary N) is 2. The Kier molecular flexibility index (Phi) is 6.08. The standard InChI is InChI=1S/C21H17F2N5O3S/c1-12-6-8-13(9-7-12)28-17(29)10-24-18(27-28)19(30)26-21-25-15(11-32-21)14-4-2-3-5-16(14)31-20(22)23/h2-9,11,20H,10H2,1H3,(H,24,27)(H,25,26,30). The lowest BCUT2D eigenvalue weighted by molar-refractivity contribution is -0.118. The summed E-state index contributed by atoms with van der Waals surface area (Å²) in [6, 6.07) is 13.5. The van der Waals surface area contributed by atoms with Crippen LogP contribution in [0.15, 0.2) is 58.9 Å². The Labute approximate surface area is 185 Å². The highest BCUT2D eigenvalue weighted by atomic mass is 32.1. The molecule has 2 aromatic carbocycles. The minimum atomic E-state index is -2.97. The highest BCUT2D eigenvalue weighted by Gasteiger charge is 2.26. The SMILES string of the molecule is Cc1ccc(N2NC(C(=O)Nc3nc(-c4ccccc4OC(F)F)cs3)=NCC2=O)cc1. The summed E-state index contributed by atoms with van der Waals surface area (Å²) < 4.78 is 29.8. The summed E-state index contributed by atoms with van der Waals surface area (Å²) in [5.74, 6) is -0.968. The number of para-hydroxylation sites is 1. The molecule has 2 N–H and O–H groups in total. The van der Waals surface area contributed by atoms with Gasteiger partial charge in [0.2, 0.25) is 5.84 Å². The summed E-state index contributed by atoms with van der Waals surface area (Å²) in [5, 5.41) is 5.71. The van der Waals surface area contributed by atoms with Crippen molar-refractivity contribution in [3.63, 3.8) is 0 Å². The lowest BCUT2D eigenvalue weighted by Crippen LogP contribution is -2.54. The highest BCUT2D eigenvalue weighted by Crippen LogP contribution is 2.33. The van der Waals surface area contributed by atoms with Gasteiger partial charge in [0, 0.05) is 10.9 Å². The van der Waals surface area contributed by atoms with Crippen LogP contribution in [0.5, 0.6) is 5.75 Å². The lowest BCUT2D eigenvalue weighted by Gasteiger charge is -2.27. The zero-order valence-electron chi connectivity index (χ0n) is 16.7. The van der Waals surface area contributed by atoms with Gasteiger partial charge in [-0.05, 0) is 31.2 Å². The number of rotatable bonds is 6. The van der Waals surface area contributed by atoms with Crippen molar-refractivity contribution in [3.8, 4) is 17.0 Å². The van der Waals surface area contributed by atoms with E-state index in [0.29, 0.717) is 16.9 Å². The molecular formula is C21H17F2N5O3S. The van der Waals surface area contributed by atoms with E-state index in [1.807, 2.05) is 19.1 Å². The van der Waals surface area contributed by atoms with E-state index in [1.165, 1.54) is 11.1 Å². The van der Waals surface area contributed by atoms with Crippen LogP contribution in [0.25, 0.3) is 11.3 Å². The molecule has 2 heterocycles. The molecule has 8 nitrogen and oxygen atoms in total. The molecule has 4 rings (SSSR count). The largest absolute Gasteiger partial charge is 0.434 e. The van der Waals surface area contributed by atoms with Crippen molar-refractivity contribution in [1.29, 1.82) is 0 Å². The molecule has 1 aliphatic rings. The van der Waals surface area contributed by atoms with E-state index < -0.39 is 12.5 Å². The smallest absolute Gasteiger partial charge is 0.387 e. The van der Waals surface area contributed by atoms with Gasteiger partial charge in [-0.3, -0.25) is 25.3 Å². The average molecular weight is 457 g/mol. The van der Waals surface area contributed by atoms with Crippen LogP contribution in [-0.4, -0.2) is 35.8 Å². The first-order valence-corrected chi connectivity index (χ1v) is 10.3. The van der Waals surface area contributed by atoms with Gasteiger partial charge in [-0.15, -0.1) is 11.3 Å². The van der Waals surface area contributed by atoms with Gasteiger partial charge in [-0.2, -0.15) is 8.78 Å². The summed E-state index contributed by atoms with van der Waals surface area (Å²) in [6.45, 7) is -1.23. The summed E-state index contributed by atoms with van der Waals surface area (Å²) in [5.41, 5.74) is 5.07. The number of carbonyl (C=O) groups is 2. The van der Waals surface area contributed by atoms with E-state index in [2.05, 4.69) is 25.5 Å². The second-order valence-corrected chi connectivity index (χ2v) is 7.57. The Balaban J connectivity index is 1.48. The van der Waals surface area contributed by atoms with E-state index >= 15 is 0 Å². The molecule has 0 unspecified atom stereocenters. The fourth-order valence-corrected chi connectivity index (χ4v) is 3.64. The number of benzene rings is 2. The van der Waals surface area contributed by atoms with Gasteiger partial charge in [-0.25, -0.2) is 9.99 Å². The van der Waals surface area contributed by atoms with E-state index in [0.717, 1.165) is 16.9 Å². The topological polar surface area (TPSA) is 95.9 Å². The Morgan fingerprint density at radius 3 is 2.72 bits per heavy atom. The predicted molar refractivity (Wildman–Crippen MR) is 117 cm³/mol. The molecule has 3 aromatic rings. The Bertz CT molecular complexity index is 1180. The number of aliphatic imine (C=N–C) groups is 1. The maximum Gasteiger partial charge on any atom is 0.387 e. The van der Waals surface area contributed by atoms with E-state index in [1.54, 1.807) is 35.7 Å². The number of amidine groups is 1. The fraction of sp³-hybridized carbons (Fsp3) is 0.143. The predicted octanol–water partition coefficient (Wildman–Crippen LogP) is 3.61. The van der Waals surface area contributed by atoms with Crippen molar-refractivity contribution in [2.45, 2.75) is 13.5 Å². The Morgan fingerprint density at radius 2 is 1.97 bits per heavy atom. The van der Waals surface area contributed by atoms with Gasteiger partial charge in [0.15, 0.2) is 5.13 Å². The molecule has 0 saturated carbocycles. The first kappa shape index (κ1) is 21.4. The minimum Gasteiger partial charge on any atom is -0.434 e. The van der Waals surface area contributed by atoms with Gasteiger partial charge in [0.25, 0.3) is 11.8 Å². The zero-order chi connectivity index (χ0) is 22.7. The maximum absolute atomic E-state index is 12.7. The van der Waals surface area contributed by atoms with Crippen LogP contribution in [-0.2, 0) is 9.59 Å². The monoisotopic (exact) mass is 457 g/mol. The molecule has 1 aliphatic heterocycles. The number of anilines is 2. The van der Waals surface area contributed by atoms with E-state index in [4.69, 9.17) is 0 Å². The number of aromatic nitrogens is 1. The molecular weight excluding hydrogens is 440 g/mol. The number of alkyl halides is 2. The summed E-state index contributed by atoms with van der Waals surface area (Å²) >= 11 is 1.11. The summed E-state index contributed by atoms with van der Waals surface area (Å²) in [4.78, 5) is 33.2. The van der Waals surface area contributed by atoms with Gasteiger partial charge >= 0.3 is 6.61 Å². The van der Waals surface area contributed by atoms with Crippen LogP contribution in [0, 0.1) is 6.92 Å². The van der Waals surface area contributed by atoms with Gasteiger partial charge < -0.3 is 4.74 Å². The van der Waals surface area contributed by atoms with Crippen molar-refractivity contribution in [3.05, 3.63) is 59.5 Å². The molecule has 0 bridgehead atoms. The molecule has 0 aliphatic carbocycles. The van der Waals surface area contributed by atoms with Crippen LogP contribution in [0.1, 0.15) is 5.56 Å². The molecule has 0 atom stereocenters. The molecule has 0 spiro atoms. The molecule has 164 valence electrons. The molecule has 32 heavy (non-hydrogen) atoms. The maximum atomic E-state index is 12.7. The summed E-state index contributed by atoms with van der Waals surface area (Å²) in [6.07, 6.45) is 0. The van der Waals surface area contributed by atoms with Crippen LogP contribution in [0.2, 0.25) is 0 Å². The van der Waals surface area contributed by atoms with Crippen LogP contribution < -0.4 is 20.5 Å². The van der Waals surface area contributed by atoms with E-state index in [9.17, 15) is 18.4 Å². The minimum absolute atomic E-state index is 0.0174. The normalized spacial score (nSPS) is 13.6. The van der Waals surface area contributed by atoms with Crippen LogP contribution >= 0.6 is 11.3 Å². The molecule has 1 aromatic heterocycles. The van der Waals surface area contributed by atoms with Gasteiger partial charge in [-0.1, -0.05) is 29.8 Å². The van der Waals surface area contributed by atoms with Crippen molar-refractivity contribution < 1.29 is 23.1 Å². The van der Waals surface area contributed by atoms with Crippen LogP contribution in [0.4, 0.5) is 19.6 Å². The van der Waals surface area contributed by atoms with Crippen LogP contribution in [0.3, 0.4) is 0 Å². The fourth-order valence-electron chi connectivity index (χ4n) is 2.93. The number of aryl methyl sites for hydroxylation is 1. The molecule has 11 heteroatoms. The summed E-state index contributed by atoms with van der Waals surface area (Å²) in [7, 11) is 0. The third-order valence-corrected chi connectivity index (χ3v) is 5.21. The zero-order valence-corrected chi connectivity index (χ0v) is 17.5. The first-order chi connectivity index (χ1) is 15.4. The number of hydrogen-bond acceptors (Lipinski definition) is 7. The number of hydrogen-bond donors (Lipinski definition) is 2. The number of halogens is 2. The third-order valence-electron chi connectivity index (χ3n) is 4.45. The van der Waals surface area contributed by atoms with Crippen molar-refractivity contribution in [1.82, 2.24) is 10.4 Å². The second kappa shape index (κ2) is 9.10. The van der Waals surface area contributed by atoms with Gasteiger partial charge in [0.05, 0.1) is 11.4 Å². The number of hydrazine groups is 1.